The smallest absolute Gasteiger partial charge is 0.122 e. The van der Waals surface area contributed by atoms with Gasteiger partial charge in [0.15, 0.2) is 0 Å². The number of nitrogens with one attached hydrogen (secondary N) is 1. The van der Waals surface area contributed by atoms with Crippen LogP contribution in [-0.2, 0) is 0 Å². The highest BCUT2D eigenvalue weighted by Crippen LogP contribution is 2.29. The standard InChI is InChI=1S/C13H18N4S/c14-13(18)11-2-1-10(7-15-11)16-12-8-17-5-3-9(12)4-6-17/h1-2,7,9,12,16H,3-6,8H2,(H2,14,18). The van der Waals surface area contributed by atoms with Gasteiger partial charge >= 0.3 is 0 Å². The van der Waals surface area contributed by atoms with Gasteiger partial charge in [0, 0.05) is 12.6 Å². The van der Waals surface area contributed by atoms with Crippen LogP contribution in [0, 0.1) is 5.92 Å². The fourth-order valence-corrected chi connectivity index (χ4v) is 3.09. The number of nitrogens with two attached hydrogens (primary N) is 1. The molecule has 4 nitrogen and oxygen atoms in total. The number of hydrogen-bond donors (Lipinski definition) is 2. The van der Waals surface area contributed by atoms with Crippen molar-refractivity contribution < 1.29 is 0 Å². The van der Waals surface area contributed by atoms with E-state index in [4.69, 9.17) is 18.0 Å². The topological polar surface area (TPSA) is 54.2 Å². The van der Waals surface area contributed by atoms with Crippen molar-refractivity contribution >= 4 is 22.9 Å². The van der Waals surface area contributed by atoms with Crippen molar-refractivity contribution in [1.82, 2.24) is 9.88 Å². The number of rotatable bonds is 3. The molecule has 1 aromatic rings. The van der Waals surface area contributed by atoms with E-state index in [2.05, 4.69) is 15.2 Å². The van der Waals surface area contributed by atoms with Crippen LogP contribution in [0.4, 0.5) is 5.69 Å². The lowest BCUT2D eigenvalue weighted by Gasteiger charge is -2.45. The number of anilines is 1. The summed E-state index contributed by atoms with van der Waals surface area (Å²) in [4.78, 5) is 7.15. The molecule has 0 saturated carbocycles. The van der Waals surface area contributed by atoms with Gasteiger partial charge in [0.25, 0.3) is 0 Å². The highest BCUT2D eigenvalue weighted by Gasteiger charge is 2.33. The monoisotopic (exact) mass is 262 g/mol. The molecule has 3 saturated heterocycles. The third-order valence-electron chi connectivity index (χ3n) is 4.02. The molecule has 1 unspecified atom stereocenters. The second kappa shape index (κ2) is 4.82. The Hall–Kier alpha value is -1.20. The van der Waals surface area contributed by atoms with Crippen LogP contribution in [-0.4, -0.2) is 40.5 Å². The van der Waals surface area contributed by atoms with Gasteiger partial charge in [0.2, 0.25) is 0 Å². The van der Waals surface area contributed by atoms with Crippen molar-refractivity contribution in [3.05, 3.63) is 24.0 Å². The van der Waals surface area contributed by atoms with E-state index in [9.17, 15) is 0 Å². The largest absolute Gasteiger partial charge is 0.388 e. The zero-order valence-electron chi connectivity index (χ0n) is 10.3. The van der Waals surface area contributed by atoms with E-state index in [1.165, 1.54) is 25.9 Å². The first-order valence-electron chi connectivity index (χ1n) is 6.47. The third-order valence-corrected chi connectivity index (χ3v) is 4.23. The van der Waals surface area contributed by atoms with E-state index in [0.717, 1.165) is 18.2 Å². The molecule has 0 aliphatic carbocycles. The average molecular weight is 262 g/mol. The van der Waals surface area contributed by atoms with Gasteiger partial charge in [-0.3, -0.25) is 4.98 Å². The predicted octanol–water partition coefficient (Wildman–Crippen LogP) is 1.22. The summed E-state index contributed by atoms with van der Waals surface area (Å²) in [5.74, 6) is 0.810. The predicted molar refractivity (Wildman–Crippen MR) is 76.7 cm³/mol. The Kier molecular flexibility index (Phi) is 3.18. The molecule has 4 heterocycles. The van der Waals surface area contributed by atoms with Crippen LogP contribution in [0.15, 0.2) is 18.3 Å². The molecular weight excluding hydrogens is 244 g/mol. The minimum Gasteiger partial charge on any atom is -0.388 e. The van der Waals surface area contributed by atoms with E-state index in [1.54, 1.807) is 0 Å². The molecule has 4 rings (SSSR count). The van der Waals surface area contributed by atoms with Crippen molar-refractivity contribution in [1.29, 1.82) is 0 Å². The van der Waals surface area contributed by atoms with E-state index >= 15 is 0 Å². The second-order valence-electron chi connectivity index (χ2n) is 5.19. The Morgan fingerprint density at radius 1 is 1.39 bits per heavy atom. The van der Waals surface area contributed by atoms with Gasteiger partial charge in [0.1, 0.15) is 4.99 Å². The van der Waals surface area contributed by atoms with Crippen molar-refractivity contribution in [2.75, 3.05) is 25.0 Å². The Morgan fingerprint density at radius 2 is 2.17 bits per heavy atom. The fraction of sp³-hybridized carbons (Fsp3) is 0.538. The summed E-state index contributed by atoms with van der Waals surface area (Å²) in [7, 11) is 0. The molecule has 0 radical (unpaired) electrons. The van der Waals surface area contributed by atoms with Gasteiger partial charge in [0.05, 0.1) is 17.6 Å². The van der Waals surface area contributed by atoms with E-state index < -0.39 is 0 Å². The van der Waals surface area contributed by atoms with Crippen molar-refractivity contribution in [2.45, 2.75) is 18.9 Å². The zero-order chi connectivity index (χ0) is 12.5. The maximum absolute atomic E-state index is 5.54. The van der Waals surface area contributed by atoms with Crippen molar-refractivity contribution in [3.8, 4) is 0 Å². The maximum atomic E-state index is 5.54. The molecule has 0 aromatic carbocycles. The number of nitrogens with zero attached hydrogens (tertiary/aromatic N) is 2. The van der Waals surface area contributed by atoms with Crippen LogP contribution in [0.2, 0.25) is 0 Å². The second-order valence-corrected chi connectivity index (χ2v) is 5.63. The molecule has 18 heavy (non-hydrogen) atoms. The molecule has 0 amide bonds. The molecule has 3 aliphatic rings. The summed E-state index contributed by atoms with van der Waals surface area (Å²) in [5, 5.41) is 3.59. The molecular formula is C13H18N4S. The normalized spacial score (nSPS) is 30.1. The molecule has 3 N–H and O–H groups in total. The molecule has 1 atom stereocenters. The van der Waals surface area contributed by atoms with Gasteiger partial charge in [-0.25, -0.2) is 0 Å². The molecule has 3 fully saturated rings. The highest BCUT2D eigenvalue weighted by molar-refractivity contribution is 7.80. The number of fused-ring (bicyclic) bond motifs is 3. The summed E-state index contributed by atoms with van der Waals surface area (Å²) < 4.78 is 0. The summed E-state index contributed by atoms with van der Waals surface area (Å²) in [6, 6.07) is 4.45. The summed E-state index contributed by atoms with van der Waals surface area (Å²) >= 11 is 4.90. The van der Waals surface area contributed by atoms with Crippen LogP contribution < -0.4 is 11.1 Å². The van der Waals surface area contributed by atoms with Crippen molar-refractivity contribution in [2.24, 2.45) is 11.7 Å². The Balaban J connectivity index is 1.67. The number of aromatic nitrogens is 1. The molecule has 0 spiro atoms. The minimum absolute atomic E-state index is 0.351. The Bertz CT molecular complexity index is 437. The van der Waals surface area contributed by atoms with Gasteiger partial charge in [-0.2, -0.15) is 0 Å². The number of pyridine rings is 1. The minimum atomic E-state index is 0.351. The maximum Gasteiger partial charge on any atom is 0.122 e. The van der Waals surface area contributed by atoms with Crippen LogP contribution in [0.3, 0.4) is 0 Å². The summed E-state index contributed by atoms with van der Waals surface area (Å²) in [5.41, 5.74) is 7.29. The number of hydrogen-bond acceptors (Lipinski definition) is 4. The van der Waals surface area contributed by atoms with Crippen LogP contribution in [0.1, 0.15) is 18.5 Å². The Labute approximate surface area is 113 Å². The molecule has 2 bridgehead atoms. The van der Waals surface area contributed by atoms with E-state index in [0.29, 0.717) is 16.7 Å². The van der Waals surface area contributed by atoms with E-state index in [1.807, 2.05) is 18.3 Å². The first-order valence-corrected chi connectivity index (χ1v) is 6.88. The number of thiocarbonyl (C=S) groups is 1. The molecule has 5 heteroatoms. The van der Waals surface area contributed by atoms with E-state index in [-0.39, 0.29) is 0 Å². The molecule has 3 aliphatic heterocycles. The van der Waals surface area contributed by atoms with Gasteiger partial charge in [-0.1, -0.05) is 12.2 Å². The lowest BCUT2D eigenvalue weighted by atomic mass is 9.84. The highest BCUT2D eigenvalue weighted by atomic mass is 32.1. The Morgan fingerprint density at radius 3 is 2.67 bits per heavy atom. The SMILES string of the molecule is NC(=S)c1ccc(NC2CN3CCC2CC3)cn1. The quantitative estimate of drug-likeness (QED) is 0.802. The van der Waals surface area contributed by atoms with Gasteiger partial charge in [-0.05, 0) is 44.0 Å². The van der Waals surface area contributed by atoms with Crippen LogP contribution in [0.5, 0.6) is 0 Å². The van der Waals surface area contributed by atoms with Crippen molar-refractivity contribution in [3.63, 3.8) is 0 Å². The first kappa shape index (κ1) is 11.9. The van der Waals surface area contributed by atoms with Crippen LogP contribution in [0.25, 0.3) is 0 Å². The summed E-state index contributed by atoms with van der Waals surface area (Å²) in [6.45, 7) is 3.69. The lowest BCUT2D eigenvalue weighted by molar-refractivity contribution is 0.0975. The molecule has 1 aromatic heterocycles. The van der Waals surface area contributed by atoms with Gasteiger partial charge in [-0.15, -0.1) is 0 Å². The lowest BCUT2D eigenvalue weighted by Crippen LogP contribution is -2.53. The average Bonchev–Trinajstić information content (AvgIpc) is 2.41. The number of piperidine rings is 3. The molecule has 96 valence electrons. The first-order chi connectivity index (χ1) is 8.72. The third kappa shape index (κ3) is 2.33. The summed E-state index contributed by atoms with van der Waals surface area (Å²) in [6.07, 6.45) is 4.46. The fourth-order valence-electron chi connectivity index (χ4n) is 2.97. The van der Waals surface area contributed by atoms with Crippen LogP contribution >= 0.6 is 12.2 Å². The zero-order valence-corrected chi connectivity index (χ0v) is 11.1. The van der Waals surface area contributed by atoms with Gasteiger partial charge < -0.3 is 16.0 Å².